The van der Waals surface area contributed by atoms with Gasteiger partial charge >= 0.3 is 6.01 Å². The fourth-order valence-electron chi connectivity index (χ4n) is 1.41. The van der Waals surface area contributed by atoms with Crippen molar-refractivity contribution in [2.45, 2.75) is 52.1 Å². The van der Waals surface area contributed by atoms with Crippen LogP contribution in [-0.2, 0) is 0 Å². The highest BCUT2D eigenvalue weighted by molar-refractivity contribution is 4.88. The molecule has 0 aliphatic heterocycles. The van der Waals surface area contributed by atoms with Crippen molar-refractivity contribution in [3.8, 4) is 6.01 Å². The third-order valence-corrected chi connectivity index (χ3v) is 2.33. The van der Waals surface area contributed by atoms with Gasteiger partial charge in [-0.05, 0) is 19.3 Å². The number of ether oxygens (including phenoxy) is 1. The molecule has 0 N–H and O–H groups in total. The zero-order chi connectivity index (χ0) is 10.9. The van der Waals surface area contributed by atoms with Gasteiger partial charge < -0.3 is 4.74 Å². The minimum atomic E-state index is 0.235. The van der Waals surface area contributed by atoms with E-state index in [1.165, 1.54) is 31.9 Å². The molecular formula is C11H19N3O. The van der Waals surface area contributed by atoms with Crippen LogP contribution in [0.5, 0.6) is 6.01 Å². The summed E-state index contributed by atoms with van der Waals surface area (Å²) in [6.07, 6.45) is 8.94. The molecule has 1 rings (SSSR count). The molecule has 0 saturated carbocycles. The number of nitrogens with zero attached hydrogens (tertiary/aromatic N) is 3. The summed E-state index contributed by atoms with van der Waals surface area (Å²) in [6, 6.07) is 0.438. The summed E-state index contributed by atoms with van der Waals surface area (Å²) in [6.45, 7) is 4.32. The van der Waals surface area contributed by atoms with Gasteiger partial charge in [0.25, 0.3) is 0 Å². The average Bonchev–Trinajstić information content (AvgIpc) is 2.29. The summed E-state index contributed by atoms with van der Waals surface area (Å²) in [5.74, 6) is 0. The summed E-state index contributed by atoms with van der Waals surface area (Å²) >= 11 is 0. The molecule has 1 unspecified atom stereocenters. The molecule has 84 valence electrons. The van der Waals surface area contributed by atoms with Crippen molar-refractivity contribution >= 4 is 0 Å². The van der Waals surface area contributed by atoms with Crippen LogP contribution in [-0.4, -0.2) is 21.1 Å². The van der Waals surface area contributed by atoms with E-state index in [-0.39, 0.29) is 6.10 Å². The van der Waals surface area contributed by atoms with E-state index in [9.17, 15) is 0 Å². The molecule has 15 heavy (non-hydrogen) atoms. The van der Waals surface area contributed by atoms with E-state index in [2.05, 4.69) is 28.8 Å². The molecular weight excluding hydrogens is 190 g/mol. The number of hydrogen-bond donors (Lipinski definition) is 0. The van der Waals surface area contributed by atoms with Gasteiger partial charge in [-0.1, -0.05) is 26.7 Å². The third-order valence-electron chi connectivity index (χ3n) is 2.33. The van der Waals surface area contributed by atoms with Crippen LogP contribution in [0.25, 0.3) is 0 Å². The Labute approximate surface area is 91.1 Å². The molecule has 0 bridgehead atoms. The Hall–Kier alpha value is -1.19. The second-order valence-corrected chi connectivity index (χ2v) is 3.56. The van der Waals surface area contributed by atoms with E-state index in [0.717, 1.165) is 12.8 Å². The van der Waals surface area contributed by atoms with E-state index in [1.807, 2.05) is 0 Å². The molecule has 0 aromatic carbocycles. The first-order chi connectivity index (χ1) is 7.36. The lowest BCUT2D eigenvalue weighted by Crippen LogP contribution is -2.16. The number of unbranched alkanes of at least 4 members (excludes halogenated alkanes) is 2. The fourth-order valence-corrected chi connectivity index (χ4v) is 1.41. The third kappa shape index (κ3) is 4.72. The molecule has 0 saturated heterocycles. The Balaban J connectivity index is 2.33. The quantitative estimate of drug-likeness (QED) is 0.648. The molecule has 4 heteroatoms. The van der Waals surface area contributed by atoms with Gasteiger partial charge in [0, 0.05) is 0 Å². The van der Waals surface area contributed by atoms with E-state index < -0.39 is 0 Å². The van der Waals surface area contributed by atoms with Crippen molar-refractivity contribution in [1.82, 2.24) is 15.0 Å². The largest absolute Gasteiger partial charge is 0.460 e. The van der Waals surface area contributed by atoms with Gasteiger partial charge in [-0.2, -0.15) is 9.97 Å². The number of rotatable bonds is 7. The van der Waals surface area contributed by atoms with Crippen molar-refractivity contribution in [3.05, 3.63) is 12.7 Å². The smallest absolute Gasteiger partial charge is 0.319 e. The molecule has 1 aromatic heterocycles. The molecule has 1 atom stereocenters. The highest BCUT2D eigenvalue weighted by Gasteiger charge is 2.08. The highest BCUT2D eigenvalue weighted by Crippen LogP contribution is 2.11. The van der Waals surface area contributed by atoms with Gasteiger partial charge in [0.1, 0.15) is 18.8 Å². The summed E-state index contributed by atoms with van der Waals surface area (Å²) in [5.41, 5.74) is 0. The van der Waals surface area contributed by atoms with Crippen molar-refractivity contribution in [1.29, 1.82) is 0 Å². The molecule has 0 fully saturated rings. The summed E-state index contributed by atoms with van der Waals surface area (Å²) < 4.78 is 5.65. The predicted octanol–water partition coefficient (Wildman–Crippen LogP) is 2.61. The van der Waals surface area contributed by atoms with E-state index in [1.54, 1.807) is 0 Å². The van der Waals surface area contributed by atoms with Crippen molar-refractivity contribution in [3.63, 3.8) is 0 Å². The predicted molar refractivity (Wildman–Crippen MR) is 58.7 cm³/mol. The SMILES string of the molecule is CCCCCC(CC)Oc1ncncn1. The van der Waals surface area contributed by atoms with Crippen LogP contribution in [0.4, 0.5) is 0 Å². The first kappa shape index (κ1) is 11.9. The van der Waals surface area contributed by atoms with Gasteiger partial charge in [0.2, 0.25) is 0 Å². The lowest BCUT2D eigenvalue weighted by molar-refractivity contribution is 0.166. The highest BCUT2D eigenvalue weighted by atomic mass is 16.5. The van der Waals surface area contributed by atoms with Gasteiger partial charge in [0.15, 0.2) is 0 Å². The molecule has 0 amide bonds. The van der Waals surface area contributed by atoms with Crippen LogP contribution in [0.2, 0.25) is 0 Å². The van der Waals surface area contributed by atoms with Crippen LogP contribution in [0.3, 0.4) is 0 Å². The minimum Gasteiger partial charge on any atom is -0.460 e. The first-order valence-corrected chi connectivity index (χ1v) is 5.65. The zero-order valence-electron chi connectivity index (χ0n) is 9.52. The standard InChI is InChI=1S/C11H19N3O/c1-3-5-6-7-10(4-2)15-11-13-8-12-9-14-11/h8-10H,3-7H2,1-2H3. The monoisotopic (exact) mass is 209 g/mol. The van der Waals surface area contributed by atoms with Crippen molar-refractivity contribution in [2.24, 2.45) is 0 Å². The maximum Gasteiger partial charge on any atom is 0.319 e. The summed E-state index contributed by atoms with van der Waals surface area (Å²) in [4.78, 5) is 11.7. The summed E-state index contributed by atoms with van der Waals surface area (Å²) in [7, 11) is 0. The van der Waals surface area contributed by atoms with Gasteiger partial charge in [-0.25, -0.2) is 4.98 Å². The van der Waals surface area contributed by atoms with Crippen LogP contribution in [0, 0.1) is 0 Å². The maximum absolute atomic E-state index is 5.65. The molecule has 1 heterocycles. The zero-order valence-corrected chi connectivity index (χ0v) is 9.52. The molecule has 0 radical (unpaired) electrons. The molecule has 4 nitrogen and oxygen atoms in total. The van der Waals surface area contributed by atoms with Crippen LogP contribution in [0.1, 0.15) is 46.0 Å². The Morgan fingerprint density at radius 1 is 1.20 bits per heavy atom. The van der Waals surface area contributed by atoms with Gasteiger partial charge in [0.05, 0.1) is 0 Å². The second kappa shape index (κ2) is 7.15. The molecule has 0 aliphatic carbocycles. The van der Waals surface area contributed by atoms with E-state index in [4.69, 9.17) is 4.74 Å². The lowest BCUT2D eigenvalue weighted by Gasteiger charge is -2.15. The Morgan fingerprint density at radius 3 is 2.53 bits per heavy atom. The number of aromatic nitrogens is 3. The van der Waals surface area contributed by atoms with E-state index in [0.29, 0.717) is 6.01 Å². The lowest BCUT2D eigenvalue weighted by atomic mass is 10.1. The average molecular weight is 209 g/mol. The van der Waals surface area contributed by atoms with Crippen molar-refractivity contribution < 1.29 is 4.74 Å². The Kier molecular flexibility index (Phi) is 5.66. The molecule has 1 aromatic rings. The van der Waals surface area contributed by atoms with Crippen LogP contribution < -0.4 is 4.74 Å². The Morgan fingerprint density at radius 2 is 1.93 bits per heavy atom. The number of hydrogen-bond acceptors (Lipinski definition) is 4. The fraction of sp³-hybridized carbons (Fsp3) is 0.727. The summed E-state index contributed by atoms with van der Waals surface area (Å²) in [5, 5.41) is 0. The van der Waals surface area contributed by atoms with E-state index >= 15 is 0 Å². The minimum absolute atomic E-state index is 0.235. The van der Waals surface area contributed by atoms with Crippen LogP contribution in [0.15, 0.2) is 12.7 Å². The van der Waals surface area contributed by atoms with Gasteiger partial charge in [-0.3, -0.25) is 0 Å². The topological polar surface area (TPSA) is 47.9 Å². The van der Waals surface area contributed by atoms with Crippen LogP contribution >= 0.6 is 0 Å². The molecule has 0 spiro atoms. The first-order valence-electron chi connectivity index (χ1n) is 5.65. The maximum atomic E-state index is 5.65. The molecule has 0 aliphatic rings. The van der Waals surface area contributed by atoms with Crippen molar-refractivity contribution in [2.75, 3.05) is 0 Å². The second-order valence-electron chi connectivity index (χ2n) is 3.56. The normalized spacial score (nSPS) is 12.4. The van der Waals surface area contributed by atoms with Gasteiger partial charge in [-0.15, -0.1) is 0 Å². The Bertz CT molecular complexity index is 253.